The van der Waals surface area contributed by atoms with Crippen LogP contribution >= 0.6 is 39.1 Å². The van der Waals surface area contributed by atoms with Crippen LogP contribution in [0.5, 0.6) is 11.5 Å². The van der Waals surface area contributed by atoms with Gasteiger partial charge in [0.25, 0.3) is 5.91 Å². The van der Waals surface area contributed by atoms with Crippen molar-refractivity contribution in [1.82, 2.24) is 0 Å². The van der Waals surface area contributed by atoms with Gasteiger partial charge < -0.3 is 19.5 Å². The molecule has 0 fully saturated rings. The number of esters is 1. The van der Waals surface area contributed by atoms with E-state index in [0.717, 1.165) is 10.0 Å². The highest BCUT2D eigenvalue weighted by Crippen LogP contribution is 2.32. The van der Waals surface area contributed by atoms with Crippen LogP contribution in [0.4, 0.5) is 5.69 Å². The van der Waals surface area contributed by atoms with Gasteiger partial charge in [-0.25, -0.2) is 4.79 Å². The maximum absolute atomic E-state index is 12.0. The van der Waals surface area contributed by atoms with Crippen molar-refractivity contribution >= 4 is 56.7 Å². The molecule has 144 valence electrons. The summed E-state index contributed by atoms with van der Waals surface area (Å²) in [5.74, 6) is -0.434. The minimum absolute atomic E-state index is 0.362. The predicted octanol–water partition coefficient (Wildman–Crippen LogP) is 4.63. The van der Waals surface area contributed by atoms with E-state index in [1.807, 2.05) is 0 Å². The number of hydrogen-bond donors (Lipinski definition) is 1. The van der Waals surface area contributed by atoms with Gasteiger partial charge in [-0.1, -0.05) is 39.1 Å². The highest BCUT2D eigenvalue weighted by molar-refractivity contribution is 9.10. The first-order valence-corrected chi connectivity index (χ1v) is 9.22. The van der Waals surface area contributed by atoms with Crippen molar-refractivity contribution in [2.45, 2.75) is 6.92 Å². The quantitative estimate of drug-likeness (QED) is 0.589. The summed E-state index contributed by atoms with van der Waals surface area (Å²) in [6.07, 6.45) is 0. The topological polar surface area (TPSA) is 73.9 Å². The highest BCUT2D eigenvalue weighted by atomic mass is 79.9. The summed E-state index contributed by atoms with van der Waals surface area (Å²) in [6, 6.07) is 8.23. The van der Waals surface area contributed by atoms with Crippen molar-refractivity contribution in [1.29, 1.82) is 0 Å². The summed E-state index contributed by atoms with van der Waals surface area (Å²) in [4.78, 5) is 23.8. The zero-order valence-electron chi connectivity index (χ0n) is 14.5. The molecule has 2 rings (SSSR count). The van der Waals surface area contributed by atoms with Crippen molar-refractivity contribution in [2.75, 3.05) is 25.6 Å². The Kier molecular flexibility index (Phi) is 7.77. The Morgan fingerprint density at radius 3 is 2.56 bits per heavy atom. The zero-order valence-corrected chi connectivity index (χ0v) is 17.6. The van der Waals surface area contributed by atoms with E-state index < -0.39 is 18.5 Å². The minimum Gasteiger partial charge on any atom is -0.495 e. The fourth-order valence-corrected chi connectivity index (χ4v) is 3.35. The Balaban J connectivity index is 1.85. The molecule has 0 saturated carbocycles. The van der Waals surface area contributed by atoms with Gasteiger partial charge in [0.15, 0.2) is 13.2 Å². The zero-order chi connectivity index (χ0) is 20.0. The molecule has 0 spiro atoms. The minimum atomic E-state index is -0.707. The summed E-state index contributed by atoms with van der Waals surface area (Å²) in [7, 11) is 1.46. The van der Waals surface area contributed by atoms with Gasteiger partial charge in [0, 0.05) is 9.50 Å². The first-order valence-electron chi connectivity index (χ1n) is 7.67. The summed E-state index contributed by atoms with van der Waals surface area (Å²) in [5, 5.41) is 3.35. The number of amides is 1. The van der Waals surface area contributed by atoms with Crippen molar-refractivity contribution in [3.63, 3.8) is 0 Å². The molecule has 0 unspecified atom stereocenters. The van der Waals surface area contributed by atoms with Gasteiger partial charge in [-0.3, -0.25) is 4.79 Å². The van der Waals surface area contributed by atoms with Crippen LogP contribution in [0.1, 0.15) is 5.56 Å². The number of aryl methyl sites for hydroxylation is 1. The molecule has 9 heteroatoms. The van der Waals surface area contributed by atoms with E-state index in [-0.39, 0.29) is 6.61 Å². The molecule has 6 nitrogen and oxygen atoms in total. The second-order valence-electron chi connectivity index (χ2n) is 5.38. The van der Waals surface area contributed by atoms with Crippen LogP contribution in [-0.2, 0) is 14.3 Å². The average molecular weight is 477 g/mol. The lowest BCUT2D eigenvalue weighted by atomic mass is 10.2. The van der Waals surface area contributed by atoms with Gasteiger partial charge in [0.1, 0.15) is 11.5 Å². The van der Waals surface area contributed by atoms with Gasteiger partial charge in [-0.15, -0.1) is 0 Å². The molecule has 0 aromatic heterocycles. The molecule has 0 saturated heterocycles. The van der Waals surface area contributed by atoms with E-state index in [9.17, 15) is 9.59 Å². The summed E-state index contributed by atoms with van der Waals surface area (Å²) < 4.78 is 16.2. The third kappa shape index (κ3) is 6.30. The van der Waals surface area contributed by atoms with Crippen LogP contribution in [0.25, 0.3) is 0 Å². The number of carbonyl (C=O) groups is 2. The molecule has 1 amide bonds. The average Bonchev–Trinajstić information content (AvgIpc) is 2.59. The second-order valence-corrected chi connectivity index (χ2v) is 7.14. The predicted molar refractivity (Wildman–Crippen MR) is 107 cm³/mol. The number of carbonyl (C=O) groups excluding carboxylic acids is 2. The fourth-order valence-electron chi connectivity index (χ4n) is 2.15. The highest BCUT2D eigenvalue weighted by Gasteiger charge is 2.13. The molecular formula is C18H16BrCl2NO5. The van der Waals surface area contributed by atoms with Crippen LogP contribution in [0.3, 0.4) is 0 Å². The number of halogens is 3. The number of benzene rings is 2. The first-order chi connectivity index (χ1) is 12.8. The van der Waals surface area contributed by atoms with Crippen molar-refractivity contribution in [3.05, 3.63) is 50.4 Å². The van der Waals surface area contributed by atoms with Crippen molar-refractivity contribution in [2.24, 2.45) is 0 Å². The molecule has 2 aromatic rings. The van der Waals surface area contributed by atoms with Gasteiger partial charge in [0.05, 0.1) is 17.8 Å². The van der Waals surface area contributed by atoms with E-state index in [4.69, 9.17) is 37.4 Å². The van der Waals surface area contributed by atoms with E-state index in [1.54, 1.807) is 31.2 Å². The molecule has 0 bridgehead atoms. The number of nitrogens with one attached hydrogen (secondary N) is 1. The van der Waals surface area contributed by atoms with Crippen LogP contribution in [0, 0.1) is 6.92 Å². The molecule has 0 radical (unpaired) electrons. The number of ether oxygens (including phenoxy) is 3. The van der Waals surface area contributed by atoms with E-state index >= 15 is 0 Å². The Morgan fingerprint density at radius 2 is 1.89 bits per heavy atom. The van der Waals surface area contributed by atoms with E-state index in [1.165, 1.54) is 13.2 Å². The summed E-state index contributed by atoms with van der Waals surface area (Å²) in [6.45, 7) is 0.935. The number of hydrogen-bond acceptors (Lipinski definition) is 5. The molecule has 2 aromatic carbocycles. The van der Waals surface area contributed by atoms with Gasteiger partial charge in [-0.2, -0.15) is 0 Å². The standard InChI is InChI=1S/C18H16BrCl2NO5/c1-10-5-11(19)6-13(21)18(10)27-9-17(24)26-8-16(23)22-14-7-12(20)3-4-15(14)25-2/h3-7H,8-9H2,1-2H3,(H,22,23). The number of rotatable bonds is 7. The van der Waals surface area contributed by atoms with E-state index in [2.05, 4.69) is 21.2 Å². The number of methoxy groups -OCH3 is 1. The first kappa shape index (κ1) is 21.3. The van der Waals surface area contributed by atoms with Gasteiger partial charge >= 0.3 is 5.97 Å². The molecular weight excluding hydrogens is 461 g/mol. The maximum atomic E-state index is 12.0. The molecule has 0 heterocycles. The lowest BCUT2D eigenvalue weighted by Gasteiger charge is -2.12. The van der Waals surface area contributed by atoms with Crippen LogP contribution in [-0.4, -0.2) is 32.2 Å². The lowest BCUT2D eigenvalue weighted by Crippen LogP contribution is -2.24. The van der Waals surface area contributed by atoms with Crippen molar-refractivity contribution < 1.29 is 23.8 Å². The van der Waals surface area contributed by atoms with Gasteiger partial charge in [0.2, 0.25) is 0 Å². The molecule has 27 heavy (non-hydrogen) atoms. The van der Waals surface area contributed by atoms with E-state index in [0.29, 0.717) is 27.2 Å². The second kappa shape index (κ2) is 9.82. The summed E-state index contributed by atoms with van der Waals surface area (Å²) in [5.41, 5.74) is 1.13. The largest absolute Gasteiger partial charge is 0.495 e. The summed E-state index contributed by atoms with van der Waals surface area (Å²) >= 11 is 15.3. The lowest BCUT2D eigenvalue weighted by molar-refractivity contribution is -0.149. The SMILES string of the molecule is COc1ccc(Cl)cc1NC(=O)COC(=O)COc1c(C)cc(Br)cc1Cl. The Bertz CT molecular complexity index is 837. The van der Waals surface area contributed by atoms with Gasteiger partial charge in [-0.05, 0) is 42.8 Å². The van der Waals surface area contributed by atoms with Crippen LogP contribution < -0.4 is 14.8 Å². The molecule has 0 aliphatic rings. The monoisotopic (exact) mass is 475 g/mol. The third-order valence-electron chi connectivity index (χ3n) is 3.33. The van der Waals surface area contributed by atoms with Crippen LogP contribution in [0.2, 0.25) is 10.0 Å². The number of anilines is 1. The maximum Gasteiger partial charge on any atom is 0.344 e. The van der Waals surface area contributed by atoms with Crippen LogP contribution in [0.15, 0.2) is 34.8 Å². The van der Waals surface area contributed by atoms with Crippen molar-refractivity contribution in [3.8, 4) is 11.5 Å². The normalized spacial score (nSPS) is 10.3. The third-order valence-corrected chi connectivity index (χ3v) is 4.30. The molecule has 0 aliphatic carbocycles. The molecule has 0 atom stereocenters. The Morgan fingerprint density at radius 1 is 1.15 bits per heavy atom. The molecule has 0 aliphatic heterocycles. The Labute approximate surface area is 174 Å². The molecule has 1 N–H and O–H groups in total. The smallest absolute Gasteiger partial charge is 0.344 e. The fraction of sp³-hybridized carbons (Fsp3) is 0.222. The Hall–Kier alpha value is -1.96.